The maximum absolute atomic E-state index is 5.03. The number of aromatic nitrogens is 5. The smallest absolute Gasteiger partial charge is 0.183 e. The van der Waals surface area contributed by atoms with Crippen LogP contribution in [0.15, 0.2) is 6.33 Å². The second-order valence-electron chi connectivity index (χ2n) is 4.47. The summed E-state index contributed by atoms with van der Waals surface area (Å²) in [6, 6.07) is 0.543. The molecule has 1 N–H and O–H groups in total. The van der Waals surface area contributed by atoms with Crippen molar-refractivity contribution in [1.82, 2.24) is 25.0 Å². The van der Waals surface area contributed by atoms with Gasteiger partial charge in [0, 0.05) is 26.3 Å². The van der Waals surface area contributed by atoms with Crippen molar-refractivity contribution in [3.05, 3.63) is 6.33 Å². The summed E-state index contributed by atoms with van der Waals surface area (Å²) in [5.74, 6) is 0.792. The molecule has 7 nitrogen and oxygen atoms in total. The van der Waals surface area contributed by atoms with E-state index in [4.69, 9.17) is 4.74 Å². The molecule has 0 unspecified atom stereocenters. The molecule has 1 aliphatic rings. The number of aryl methyl sites for hydroxylation is 1. The minimum Gasteiger partial charge on any atom is -0.385 e. The van der Waals surface area contributed by atoms with Crippen LogP contribution in [0, 0.1) is 0 Å². The fraction of sp³-hybridized carbons (Fsp3) is 0.636. The third-order valence-electron chi connectivity index (χ3n) is 2.94. The minimum atomic E-state index is 0.543. The third kappa shape index (κ3) is 2.26. The molecule has 0 amide bonds. The predicted octanol–water partition coefficient (Wildman–Crippen LogP) is 0.832. The van der Waals surface area contributed by atoms with E-state index in [0.29, 0.717) is 12.6 Å². The molecular formula is C11H16N6O. The summed E-state index contributed by atoms with van der Waals surface area (Å²) >= 11 is 0. The van der Waals surface area contributed by atoms with E-state index < -0.39 is 0 Å². The number of fused-ring (bicyclic) bond motifs is 1. The quantitative estimate of drug-likeness (QED) is 0.763. The van der Waals surface area contributed by atoms with Crippen LogP contribution in [0.25, 0.3) is 11.2 Å². The van der Waals surface area contributed by atoms with Crippen molar-refractivity contribution in [3.8, 4) is 0 Å². The minimum absolute atomic E-state index is 0.543. The number of rotatable bonds is 6. The molecule has 0 bridgehead atoms. The van der Waals surface area contributed by atoms with E-state index in [1.807, 2.05) is 0 Å². The Kier molecular flexibility index (Phi) is 3.06. The van der Waals surface area contributed by atoms with Gasteiger partial charge in [-0.25, -0.2) is 14.6 Å². The first-order chi connectivity index (χ1) is 8.88. The zero-order valence-corrected chi connectivity index (χ0v) is 10.3. The van der Waals surface area contributed by atoms with Gasteiger partial charge in [-0.1, -0.05) is 5.21 Å². The van der Waals surface area contributed by atoms with Crippen LogP contribution in [0.4, 0.5) is 5.82 Å². The number of nitrogens with zero attached hydrogens (tertiary/aromatic N) is 5. The van der Waals surface area contributed by atoms with Crippen LogP contribution in [0.2, 0.25) is 0 Å². The molecule has 2 aromatic rings. The molecule has 3 rings (SSSR count). The lowest BCUT2D eigenvalue weighted by Gasteiger charge is -2.03. The molecule has 0 atom stereocenters. The number of hydrogen-bond acceptors (Lipinski definition) is 6. The standard InChI is InChI=1S/C11H16N6O/c1-18-6-2-5-17-11-9(15-16-17)10(12-7-13-11)14-8-3-4-8/h7-8H,2-6H2,1H3,(H,12,13,14). The molecule has 0 aromatic carbocycles. The highest BCUT2D eigenvalue weighted by molar-refractivity contribution is 5.82. The van der Waals surface area contributed by atoms with Crippen molar-refractivity contribution in [1.29, 1.82) is 0 Å². The summed E-state index contributed by atoms with van der Waals surface area (Å²) in [6.07, 6.45) is 4.86. The molecule has 0 spiro atoms. The molecule has 0 saturated heterocycles. The molecule has 96 valence electrons. The topological polar surface area (TPSA) is 77.8 Å². The Morgan fingerprint density at radius 3 is 3.11 bits per heavy atom. The van der Waals surface area contributed by atoms with E-state index in [9.17, 15) is 0 Å². The van der Waals surface area contributed by atoms with Crippen molar-refractivity contribution >= 4 is 17.0 Å². The first-order valence-electron chi connectivity index (χ1n) is 6.18. The zero-order chi connectivity index (χ0) is 12.4. The zero-order valence-electron chi connectivity index (χ0n) is 10.3. The second-order valence-corrected chi connectivity index (χ2v) is 4.47. The summed E-state index contributed by atoms with van der Waals surface area (Å²) in [4.78, 5) is 8.49. The Labute approximate surface area is 105 Å². The highest BCUT2D eigenvalue weighted by Crippen LogP contribution is 2.26. The van der Waals surface area contributed by atoms with Gasteiger partial charge < -0.3 is 10.1 Å². The van der Waals surface area contributed by atoms with Crippen molar-refractivity contribution < 1.29 is 4.74 Å². The third-order valence-corrected chi connectivity index (χ3v) is 2.94. The molecule has 2 aromatic heterocycles. The van der Waals surface area contributed by atoms with Crippen LogP contribution in [0.3, 0.4) is 0 Å². The fourth-order valence-electron chi connectivity index (χ4n) is 1.83. The highest BCUT2D eigenvalue weighted by atomic mass is 16.5. The van der Waals surface area contributed by atoms with Crippen LogP contribution in [0.1, 0.15) is 19.3 Å². The molecule has 0 aliphatic heterocycles. The molecule has 18 heavy (non-hydrogen) atoms. The summed E-state index contributed by atoms with van der Waals surface area (Å²) in [7, 11) is 1.69. The molecule has 0 radical (unpaired) electrons. The van der Waals surface area contributed by atoms with Crippen LogP contribution >= 0.6 is 0 Å². The number of anilines is 1. The molecule has 2 heterocycles. The number of hydrogen-bond donors (Lipinski definition) is 1. The van der Waals surface area contributed by atoms with Gasteiger partial charge in [0.25, 0.3) is 0 Å². The lowest BCUT2D eigenvalue weighted by Crippen LogP contribution is -2.06. The average Bonchev–Trinajstić information content (AvgIpc) is 3.10. The fourth-order valence-corrected chi connectivity index (χ4v) is 1.83. The summed E-state index contributed by atoms with van der Waals surface area (Å²) in [5.41, 5.74) is 1.53. The molecule has 1 fully saturated rings. The van der Waals surface area contributed by atoms with Crippen LogP contribution in [-0.4, -0.2) is 44.7 Å². The van der Waals surface area contributed by atoms with E-state index in [1.165, 1.54) is 12.8 Å². The molecule has 1 saturated carbocycles. The summed E-state index contributed by atoms with van der Waals surface area (Å²) in [6.45, 7) is 1.46. The Balaban J connectivity index is 1.83. The SMILES string of the molecule is COCCCn1nnc2c(NC3CC3)ncnc21. The Bertz CT molecular complexity index is 535. The van der Waals surface area contributed by atoms with Crippen molar-refractivity contribution in [2.45, 2.75) is 31.8 Å². The van der Waals surface area contributed by atoms with E-state index >= 15 is 0 Å². The Hall–Kier alpha value is -1.76. The Morgan fingerprint density at radius 2 is 2.33 bits per heavy atom. The van der Waals surface area contributed by atoms with Crippen molar-refractivity contribution in [2.24, 2.45) is 0 Å². The van der Waals surface area contributed by atoms with Gasteiger partial charge in [-0.15, -0.1) is 5.10 Å². The maximum atomic E-state index is 5.03. The number of ether oxygens (including phenoxy) is 1. The van der Waals surface area contributed by atoms with Gasteiger partial charge in [0.1, 0.15) is 6.33 Å². The van der Waals surface area contributed by atoms with Gasteiger partial charge in [-0.05, 0) is 19.3 Å². The predicted molar refractivity (Wildman–Crippen MR) is 66.3 cm³/mol. The van der Waals surface area contributed by atoms with Gasteiger partial charge in [0.05, 0.1) is 0 Å². The van der Waals surface area contributed by atoms with Crippen LogP contribution < -0.4 is 5.32 Å². The van der Waals surface area contributed by atoms with Crippen molar-refractivity contribution in [3.63, 3.8) is 0 Å². The molecule has 7 heteroatoms. The number of nitrogens with one attached hydrogen (secondary N) is 1. The summed E-state index contributed by atoms with van der Waals surface area (Å²) in [5, 5.41) is 11.6. The second kappa shape index (κ2) is 4.85. The average molecular weight is 248 g/mol. The first-order valence-corrected chi connectivity index (χ1v) is 6.18. The van der Waals surface area contributed by atoms with Gasteiger partial charge in [0.2, 0.25) is 0 Å². The van der Waals surface area contributed by atoms with Gasteiger partial charge in [-0.3, -0.25) is 0 Å². The van der Waals surface area contributed by atoms with Gasteiger partial charge >= 0.3 is 0 Å². The normalized spacial score (nSPS) is 15.2. The van der Waals surface area contributed by atoms with Crippen LogP contribution in [0.5, 0.6) is 0 Å². The lowest BCUT2D eigenvalue weighted by molar-refractivity contribution is 0.189. The first kappa shape index (κ1) is 11.3. The van der Waals surface area contributed by atoms with E-state index in [1.54, 1.807) is 18.1 Å². The van der Waals surface area contributed by atoms with E-state index in [-0.39, 0.29) is 0 Å². The highest BCUT2D eigenvalue weighted by Gasteiger charge is 2.23. The van der Waals surface area contributed by atoms with E-state index in [2.05, 4.69) is 25.6 Å². The summed E-state index contributed by atoms with van der Waals surface area (Å²) < 4.78 is 6.83. The number of methoxy groups -OCH3 is 1. The van der Waals surface area contributed by atoms with Crippen LogP contribution in [-0.2, 0) is 11.3 Å². The maximum Gasteiger partial charge on any atom is 0.183 e. The van der Waals surface area contributed by atoms with Gasteiger partial charge in [0.15, 0.2) is 17.0 Å². The largest absolute Gasteiger partial charge is 0.385 e. The lowest BCUT2D eigenvalue weighted by atomic mass is 10.4. The van der Waals surface area contributed by atoms with Crippen molar-refractivity contribution in [2.75, 3.05) is 19.0 Å². The molecular weight excluding hydrogens is 232 g/mol. The molecule has 1 aliphatic carbocycles. The Morgan fingerprint density at radius 1 is 1.44 bits per heavy atom. The van der Waals surface area contributed by atoms with Gasteiger partial charge in [-0.2, -0.15) is 0 Å². The monoisotopic (exact) mass is 248 g/mol. The van der Waals surface area contributed by atoms with E-state index in [0.717, 1.165) is 29.9 Å².